The van der Waals surface area contributed by atoms with Gasteiger partial charge < -0.3 is 5.73 Å². The normalized spacial score (nSPS) is 12.7. The third kappa shape index (κ3) is 3.19. The average Bonchev–Trinajstić information content (AvgIpc) is 2.66. The van der Waals surface area contributed by atoms with E-state index in [0.717, 1.165) is 21.6 Å². The Morgan fingerprint density at radius 1 is 1.39 bits per heavy atom. The first-order valence-electron chi connectivity index (χ1n) is 5.98. The van der Waals surface area contributed by atoms with E-state index in [4.69, 9.17) is 5.73 Å². The number of halogens is 1. The molecule has 1 aromatic carbocycles. The predicted octanol–water partition coefficient (Wildman–Crippen LogP) is 3.81. The van der Waals surface area contributed by atoms with Crippen LogP contribution in [0.1, 0.15) is 27.1 Å². The molecule has 0 saturated heterocycles. The lowest BCUT2D eigenvalue weighted by Gasteiger charge is -2.12. The Hall–Kier alpha value is -0.710. The van der Waals surface area contributed by atoms with Crippen molar-refractivity contribution in [3.05, 3.63) is 49.9 Å². The molecule has 1 unspecified atom stereocenters. The van der Waals surface area contributed by atoms with Crippen LogP contribution in [0.3, 0.4) is 0 Å². The minimum atomic E-state index is 0.316. The number of benzene rings is 1. The van der Waals surface area contributed by atoms with Crippen molar-refractivity contribution in [3.8, 4) is 0 Å². The minimum absolute atomic E-state index is 0.316. The summed E-state index contributed by atoms with van der Waals surface area (Å²) in [6.45, 7) is 4.81. The SMILES string of the molecule is Cc1nc(C(CN)Cc2cccc(Br)c2)sc1C. The van der Waals surface area contributed by atoms with Crippen LogP contribution in [0, 0.1) is 13.8 Å². The standard InChI is InChI=1S/C14H17BrN2S/c1-9-10(2)18-14(17-9)12(8-16)6-11-4-3-5-13(15)7-11/h3-5,7,12H,6,8,16H2,1-2H3. The zero-order valence-electron chi connectivity index (χ0n) is 10.6. The van der Waals surface area contributed by atoms with Gasteiger partial charge in [-0.15, -0.1) is 11.3 Å². The Morgan fingerprint density at radius 2 is 2.17 bits per heavy atom. The molecular weight excluding hydrogens is 308 g/mol. The summed E-state index contributed by atoms with van der Waals surface area (Å²) in [5.41, 5.74) is 8.33. The van der Waals surface area contributed by atoms with Gasteiger partial charge in [-0.05, 0) is 38.0 Å². The largest absolute Gasteiger partial charge is 0.330 e. The average molecular weight is 325 g/mol. The highest BCUT2D eigenvalue weighted by Crippen LogP contribution is 2.27. The lowest BCUT2D eigenvalue weighted by molar-refractivity contribution is 0.687. The number of hydrogen-bond acceptors (Lipinski definition) is 3. The van der Waals surface area contributed by atoms with E-state index in [0.29, 0.717) is 12.5 Å². The van der Waals surface area contributed by atoms with Crippen LogP contribution in [0.25, 0.3) is 0 Å². The molecule has 96 valence electrons. The predicted molar refractivity (Wildman–Crippen MR) is 81.2 cm³/mol. The first-order chi connectivity index (χ1) is 8.60. The van der Waals surface area contributed by atoms with E-state index in [1.807, 2.05) is 6.07 Å². The summed E-state index contributed by atoms with van der Waals surface area (Å²) in [5.74, 6) is 0.316. The molecule has 0 amide bonds. The molecule has 0 bridgehead atoms. The van der Waals surface area contributed by atoms with E-state index >= 15 is 0 Å². The molecule has 2 nitrogen and oxygen atoms in total. The Balaban J connectivity index is 2.19. The zero-order valence-corrected chi connectivity index (χ0v) is 13.0. The second-order valence-electron chi connectivity index (χ2n) is 4.46. The van der Waals surface area contributed by atoms with Gasteiger partial charge in [0.15, 0.2) is 0 Å². The van der Waals surface area contributed by atoms with E-state index < -0.39 is 0 Å². The van der Waals surface area contributed by atoms with Crippen molar-refractivity contribution >= 4 is 27.3 Å². The minimum Gasteiger partial charge on any atom is -0.330 e. The van der Waals surface area contributed by atoms with E-state index in [2.05, 4.69) is 53.0 Å². The summed E-state index contributed by atoms with van der Waals surface area (Å²) < 4.78 is 1.11. The van der Waals surface area contributed by atoms with Crippen LogP contribution in [0.5, 0.6) is 0 Å². The van der Waals surface area contributed by atoms with Crippen LogP contribution >= 0.6 is 27.3 Å². The summed E-state index contributed by atoms with van der Waals surface area (Å²) >= 11 is 5.27. The molecule has 0 spiro atoms. The Kier molecular flexibility index (Phi) is 4.54. The number of hydrogen-bond donors (Lipinski definition) is 1. The smallest absolute Gasteiger partial charge is 0.0977 e. The molecule has 18 heavy (non-hydrogen) atoms. The van der Waals surface area contributed by atoms with Crippen molar-refractivity contribution in [1.82, 2.24) is 4.98 Å². The van der Waals surface area contributed by atoms with Crippen LogP contribution < -0.4 is 5.73 Å². The maximum atomic E-state index is 5.90. The van der Waals surface area contributed by atoms with Gasteiger partial charge in [0.25, 0.3) is 0 Å². The summed E-state index contributed by atoms with van der Waals surface area (Å²) in [4.78, 5) is 5.92. The fourth-order valence-electron chi connectivity index (χ4n) is 1.89. The van der Waals surface area contributed by atoms with Crippen molar-refractivity contribution in [2.45, 2.75) is 26.2 Å². The third-order valence-corrected chi connectivity index (χ3v) is 4.78. The number of aromatic nitrogens is 1. The molecule has 0 fully saturated rings. The van der Waals surface area contributed by atoms with E-state index in [1.165, 1.54) is 10.4 Å². The van der Waals surface area contributed by atoms with Gasteiger partial charge >= 0.3 is 0 Å². The monoisotopic (exact) mass is 324 g/mol. The highest BCUT2D eigenvalue weighted by atomic mass is 79.9. The molecule has 0 aliphatic carbocycles. The van der Waals surface area contributed by atoms with Gasteiger partial charge in [-0.2, -0.15) is 0 Å². The van der Waals surface area contributed by atoms with Gasteiger partial charge in [0.05, 0.1) is 10.7 Å². The first-order valence-corrected chi connectivity index (χ1v) is 7.59. The zero-order chi connectivity index (χ0) is 13.1. The van der Waals surface area contributed by atoms with Crippen molar-refractivity contribution in [2.24, 2.45) is 5.73 Å². The van der Waals surface area contributed by atoms with Crippen LogP contribution in [0.2, 0.25) is 0 Å². The van der Waals surface area contributed by atoms with Crippen molar-refractivity contribution in [3.63, 3.8) is 0 Å². The van der Waals surface area contributed by atoms with E-state index in [9.17, 15) is 0 Å². The lowest BCUT2D eigenvalue weighted by atomic mass is 10.0. The van der Waals surface area contributed by atoms with E-state index in [-0.39, 0.29) is 0 Å². The summed E-state index contributed by atoms with van der Waals surface area (Å²) in [7, 11) is 0. The number of aryl methyl sites for hydroxylation is 2. The summed E-state index contributed by atoms with van der Waals surface area (Å²) in [5, 5.41) is 1.16. The van der Waals surface area contributed by atoms with Gasteiger partial charge in [-0.1, -0.05) is 28.1 Å². The van der Waals surface area contributed by atoms with Gasteiger partial charge in [0, 0.05) is 21.8 Å². The Morgan fingerprint density at radius 3 is 2.72 bits per heavy atom. The number of nitrogens with zero attached hydrogens (tertiary/aromatic N) is 1. The second-order valence-corrected chi connectivity index (χ2v) is 6.61. The fourth-order valence-corrected chi connectivity index (χ4v) is 3.37. The Bertz CT molecular complexity index is 517. The van der Waals surface area contributed by atoms with Crippen LogP contribution in [0.15, 0.2) is 28.7 Å². The topological polar surface area (TPSA) is 38.9 Å². The lowest BCUT2D eigenvalue weighted by Crippen LogP contribution is -2.14. The summed E-state index contributed by atoms with van der Waals surface area (Å²) in [6.07, 6.45) is 0.947. The molecule has 1 atom stereocenters. The Labute approximate surface area is 120 Å². The molecule has 2 aromatic rings. The molecule has 0 aliphatic rings. The third-order valence-electron chi connectivity index (χ3n) is 3.05. The quantitative estimate of drug-likeness (QED) is 0.928. The van der Waals surface area contributed by atoms with Gasteiger partial charge in [0.1, 0.15) is 0 Å². The van der Waals surface area contributed by atoms with E-state index in [1.54, 1.807) is 11.3 Å². The molecule has 1 aromatic heterocycles. The van der Waals surface area contributed by atoms with Crippen molar-refractivity contribution in [1.29, 1.82) is 0 Å². The number of rotatable bonds is 4. The molecule has 4 heteroatoms. The molecule has 0 saturated carbocycles. The van der Waals surface area contributed by atoms with Gasteiger partial charge in [-0.3, -0.25) is 0 Å². The number of nitrogens with two attached hydrogens (primary N) is 1. The molecular formula is C14H17BrN2S. The molecule has 1 heterocycles. The molecule has 0 aliphatic heterocycles. The first kappa shape index (κ1) is 13.7. The fraction of sp³-hybridized carbons (Fsp3) is 0.357. The maximum absolute atomic E-state index is 5.90. The van der Waals surface area contributed by atoms with Crippen LogP contribution in [-0.2, 0) is 6.42 Å². The molecule has 2 rings (SSSR count). The number of thiazole rings is 1. The van der Waals surface area contributed by atoms with Crippen molar-refractivity contribution in [2.75, 3.05) is 6.54 Å². The highest BCUT2D eigenvalue weighted by molar-refractivity contribution is 9.10. The highest BCUT2D eigenvalue weighted by Gasteiger charge is 2.15. The molecule has 0 radical (unpaired) electrons. The van der Waals surface area contributed by atoms with Crippen LogP contribution in [0.4, 0.5) is 0 Å². The van der Waals surface area contributed by atoms with Crippen molar-refractivity contribution < 1.29 is 0 Å². The van der Waals surface area contributed by atoms with Gasteiger partial charge in [0.2, 0.25) is 0 Å². The molecule has 2 N–H and O–H groups in total. The van der Waals surface area contributed by atoms with Gasteiger partial charge in [-0.25, -0.2) is 4.98 Å². The summed E-state index contributed by atoms with van der Waals surface area (Å²) in [6, 6.07) is 8.39. The van der Waals surface area contributed by atoms with Crippen LogP contribution in [-0.4, -0.2) is 11.5 Å². The second kappa shape index (κ2) is 5.95. The maximum Gasteiger partial charge on any atom is 0.0977 e.